The molecule has 1 heterocycles. The maximum Gasteiger partial charge on any atom is 0.307 e. The fraction of sp³-hybridized carbons (Fsp3) is 0.167. The zero-order chi connectivity index (χ0) is 18.4. The molecule has 3 aromatic carbocycles. The first kappa shape index (κ1) is 16.2. The standard InChI is InChI=1S/C18H14NO7/c1-24-13-4-2-3-10-11(13)7-12(19(22)23)16-9(6-15(20)21)5-14-18(17(10)16)26-8-25-14/h2-5,7,22H,6,8H2,1H3,(H,20,21)/q-1. The molecule has 8 heteroatoms. The summed E-state index contributed by atoms with van der Waals surface area (Å²) in [6.07, 6.45) is -0.344. The summed E-state index contributed by atoms with van der Waals surface area (Å²) >= 11 is 0. The molecule has 0 fully saturated rings. The number of ether oxygens (including phenoxy) is 3. The van der Waals surface area contributed by atoms with Gasteiger partial charge in [-0.1, -0.05) is 12.1 Å². The van der Waals surface area contributed by atoms with Crippen LogP contribution in [0.2, 0.25) is 0 Å². The van der Waals surface area contributed by atoms with Crippen molar-refractivity contribution in [1.29, 1.82) is 0 Å². The van der Waals surface area contributed by atoms with Crippen LogP contribution < -0.4 is 19.4 Å². The van der Waals surface area contributed by atoms with Gasteiger partial charge in [-0.15, -0.1) is 0 Å². The summed E-state index contributed by atoms with van der Waals surface area (Å²) in [7, 11) is 1.50. The van der Waals surface area contributed by atoms with E-state index in [0.717, 1.165) is 0 Å². The molecule has 0 saturated heterocycles. The molecule has 2 N–H and O–H groups in total. The van der Waals surface area contributed by atoms with Crippen molar-refractivity contribution < 1.29 is 29.3 Å². The van der Waals surface area contributed by atoms with E-state index in [9.17, 15) is 20.3 Å². The molecule has 0 aliphatic carbocycles. The van der Waals surface area contributed by atoms with Gasteiger partial charge in [-0.3, -0.25) is 10.0 Å². The molecule has 134 valence electrons. The van der Waals surface area contributed by atoms with Crippen LogP contribution in [-0.2, 0) is 11.2 Å². The monoisotopic (exact) mass is 356 g/mol. The van der Waals surface area contributed by atoms with Crippen LogP contribution >= 0.6 is 0 Å². The van der Waals surface area contributed by atoms with Gasteiger partial charge in [-0.2, -0.15) is 0 Å². The van der Waals surface area contributed by atoms with Gasteiger partial charge in [-0.05, 0) is 29.1 Å². The first-order valence-corrected chi connectivity index (χ1v) is 7.74. The van der Waals surface area contributed by atoms with E-state index in [0.29, 0.717) is 44.4 Å². The number of carboxylic acids is 1. The molecule has 0 saturated carbocycles. The molecule has 0 atom stereocenters. The van der Waals surface area contributed by atoms with Crippen molar-refractivity contribution in [3.8, 4) is 17.2 Å². The number of hydrogen-bond donors (Lipinski definition) is 2. The molecule has 0 unspecified atom stereocenters. The second-order valence-corrected chi connectivity index (χ2v) is 5.81. The normalized spacial score (nSPS) is 12.6. The molecule has 26 heavy (non-hydrogen) atoms. The lowest BCUT2D eigenvalue weighted by Crippen LogP contribution is -2.10. The van der Waals surface area contributed by atoms with Gasteiger partial charge in [0.2, 0.25) is 6.79 Å². The third-order valence-corrected chi connectivity index (χ3v) is 4.39. The van der Waals surface area contributed by atoms with Crippen LogP contribution in [0.15, 0.2) is 30.3 Å². The van der Waals surface area contributed by atoms with Crippen molar-refractivity contribution in [2.75, 3.05) is 19.1 Å². The van der Waals surface area contributed by atoms with Crippen molar-refractivity contribution in [3.05, 3.63) is 41.1 Å². The number of carbonyl (C=O) groups is 1. The SMILES string of the molecule is COc1cccc2c1cc(N([O-])O)c1c(CC(=O)O)cc3c(c12)OCO3. The van der Waals surface area contributed by atoms with Crippen molar-refractivity contribution in [2.45, 2.75) is 6.42 Å². The Morgan fingerprint density at radius 3 is 2.77 bits per heavy atom. The van der Waals surface area contributed by atoms with E-state index in [1.165, 1.54) is 19.2 Å². The summed E-state index contributed by atoms with van der Waals surface area (Å²) in [6, 6.07) is 8.31. The Morgan fingerprint density at radius 2 is 2.08 bits per heavy atom. The number of rotatable bonds is 4. The predicted molar refractivity (Wildman–Crippen MR) is 93.1 cm³/mol. The fourth-order valence-corrected chi connectivity index (χ4v) is 3.40. The molecule has 0 radical (unpaired) electrons. The second-order valence-electron chi connectivity index (χ2n) is 5.81. The summed E-state index contributed by atoms with van der Waals surface area (Å²) in [5, 5.41) is 32.6. The molecule has 1 aliphatic rings. The molecule has 0 aromatic heterocycles. The van der Waals surface area contributed by atoms with E-state index < -0.39 is 5.97 Å². The quantitative estimate of drug-likeness (QED) is 0.542. The first-order chi connectivity index (χ1) is 12.5. The zero-order valence-electron chi connectivity index (χ0n) is 13.7. The average Bonchev–Trinajstić information content (AvgIpc) is 3.07. The highest BCUT2D eigenvalue weighted by atomic mass is 16.8. The fourth-order valence-electron chi connectivity index (χ4n) is 3.40. The maximum absolute atomic E-state index is 11.9. The van der Waals surface area contributed by atoms with Crippen molar-refractivity contribution >= 4 is 33.2 Å². The van der Waals surface area contributed by atoms with Gasteiger partial charge < -0.3 is 29.8 Å². The molecule has 8 nitrogen and oxygen atoms in total. The summed E-state index contributed by atoms with van der Waals surface area (Å²) in [4.78, 5) is 11.3. The van der Waals surface area contributed by atoms with Gasteiger partial charge in [0.1, 0.15) is 5.75 Å². The second kappa shape index (κ2) is 5.94. The Labute approximate surface area is 147 Å². The number of hydrogen-bond acceptors (Lipinski definition) is 7. The van der Waals surface area contributed by atoms with Crippen LogP contribution in [0.1, 0.15) is 5.56 Å². The van der Waals surface area contributed by atoms with Crippen LogP contribution in [0.3, 0.4) is 0 Å². The van der Waals surface area contributed by atoms with Crippen LogP contribution in [0, 0.1) is 5.21 Å². The molecule has 4 rings (SSSR count). The van der Waals surface area contributed by atoms with Gasteiger partial charge in [0.25, 0.3) is 0 Å². The lowest BCUT2D eigenvalue weighted by molar-refractivity contribution is -0.136. The Hall–Kier alpha value is -3.23. The summed E-state index contributed by atoms with van der Waals surface area (Å²) in [6.45, 7) is -0.0170. The van der Waals surface area contributed by atoms with Crippen LogP contribution in [0.25, 0.3) is 21.5 Å². The Balaban J connectivity index is 2.24. The van der Waals surface area contributed by atoms with E-state index in [-0.39, 0.29) is 24.1 Å². The summed E-state index contributed by atoms with van der Waals surface area (Å²) in [5.74, 6) is 0.225. The molecule has 1 aliphatic heterocycles. The zero-order valence-corrected chi connectivity index (χ0v) is 13.7. The topological polar surface area (TPSA) is 112 Å². The van der Waals surface area contributed by atoms with Crippen LogP contribution in [-0.4, -0.2) is 30.2 Å². The summed E-state index contributed by atoms with van der Waals surface area (Å²) in [5.41, 5.74) is 0.248. The minimum atomic E-state index is -1.07. The molecule has 0 bridgehead atoms. The van der Waals surface area contributed by atoms with Gasteiger partial charge in [-0.25, -0.2) is 0 Å². The molecule has 0 amide bonds. The highest BCUT2D eigenvalue weighted by Crippen LogP contribution is 2.49. The lowest BCUT2D eigenvalue weighted by atomic mass is 9.93. The van der Waals surface area contributed by atoms with Gasteiger partial charge >= 0.3 is 5.97 Å². The van der Waals surface area contributed by atoms with Crippen LogP contribution in [0.4, 0.5) is 5.69 Å². The predicted octanol–water partition coefficient (Wildman–Crippen LogP) is 3.05. The van der Waals surface area contributed by atoms with Crippen molar-refractivity contribution in [3.63, 3.8) is 0 Å². The average molecular weight is 356 g/mol. The molecular formula is C18H14NO7-. The smallest absolute Gasteiger partial charge is 0.307 e. The minimum absolute atomic E-state index is 0.0170. The number of benzene rings is 3. The summed E-state index contributed by atoms with van der Waals surface area (Å²) < 4.78 is 16.4. The van der Waals surface area contributed by atoms with E-state index in [2.05, 4.69) is 0 Å². The van der Waals surface area contributed by atoms with E-state index in [1.54, 1.807) is 12.1 Å². The lowest BCUT2D eigenvalue weighted by Gasteiger charge is -2.26. The number of anilines is 1. The molecule has 3 aromatic rings. The number of fused-ring (bicyclic) bond motifs is 5. The van der Waals surface area contributed by atoms with E-state index >= 15 is 0 Å². The van der Waals surface area contributed by atoms with E-state index in [1.807, 2.05) is 6.07 Å². The van der Waals surface area contributed by atoms with E-state index in [4.69, 9.17) is 14.2 Å². The van der Waals surface area contributed by atoms with Gasteiger partial charge in [0.05, 0.1) is 19.2 Å². The molecular weight excluding hydrogens is 342 g/mol. The van der Waals surface area contributed by atoms with Crippen molar-refractivity contribution in [1.82, 2.24) is 0 Å². The Kier molecular flexibility index (Phi) is 3.71. The van der Waals surface area contributed by atoms with Gasteiger partial charge in [0.15, 0.2) is 11.5 Å². The number of carboxylic acid groups (broad SMARTS) is 1. The van der Waals surface area contributed by atoms with Gasteiger partial charge in [0, 0.05) is 16.2 Å². The Bertz CT molecular complexity index is 1050. The third-order valence-electron chi connectivity index (χ3n) is 4.39. The highest BCUT2D eigenvalue weighted by Gasteiger charge is 2.25. The van der Waals surface area contributed by atoms with Crippen LogP contribution in [0.5, 0.6) is 17.2 Å². The Morgan fingerprint density at radius 1 is 1.27 bits per heavy atom. The number of aliphatic carboxylic acids is 1. The minimum Gasteiger partial charge on any atom is -0.733 e. The number of methoxy groups -OCH3 is 1. The molecule has 0 spiro atoms. The van der Waals surface area contributed by atoms with Crippen molar-refractivity contribution in [2.24, 2.45) is 0 Å². The number of nitrogens with zero attached hydrogens (tertiary/aromatic N) is 1. The largest absolute Gasteiger partial charge is 0.733 e. The highest BCUT2D eigenvalue weighted by molar-refractivity contribution is 6.19. The third kappa shape index (κ3) is 2.35. The maximum atomic E-state index is 11.9. The first-order valence-electron chi connectivity index (χ1n) is 7.74.